The molecule has 0 aliphatic rings. The molecule has 1 aromatic rings. The molecule has 12 nitrogen and oxygen atoms in total. The lowest BCUT2D eigenvalue weighted by atomic mass is 10.2. The highest BCUT2D eigenvalue weighted by molar-refractivity contribution is 5.69. The molecule has 0 bridgehead atoms. The van der Waals surface area contributed by atoms with Crippen molar-refractivity contribution >= 4 is 24.0 Å². The number of amides is 2. The van der Waals surface area contributed by atoms with E-state index in [-0.39, 0.29) is 24.1 Å². The summed E-state index contributed by atoms with van der Waals surface area (Å²) >= 11 is 0. The highest BCUT2D eigenvalue weighted by atomic mass is 16.7. The van der Waals surface area contributed by atoms with Crippen LogP contribution in [0.2, 0.25) is 0 Å². The minimum Gasteiger partial charge on any atom is -0.444 e. The lowest BCUT2D eigenvalue weighted by molar-refractivity contribution is -0.384. The third-order valence-electron chi connectivity index (χ3n) is 4.54. The van der Waals surface area contributed by atoms with Crippen LogP contribution in [0.1, 0.15) is 67.7 Å². The summed E-state index contributed by atoms with van der Waals surface area (Å²) in [6, 6.07) is 4.81. The monoisotopic (exact) mass is 525 g/mol. The number of ether oxygens (including phenoxy) is 4. The molecule has 0 saturated carbocycles. The van der Waals surface area contributed by atoms with Crippen LogP contribution < -0.4 is 10.1 Å². The van der Waals surface area contributed by atoms with Crippen molar-refractivity contribution in [2.75, 3.05) is 19.7 Å². The Labute approximate surface area is 217 Å². The molecule has 1 atom stereocenters. The highest BCUT2D eigenvalue weighted by Gasteiger charge is 2.23. The van der Waals surface area contributed by atoms with Crippen LogP contribution in [0, 0.1) is 10.1 Å². The Hall–Kier alpha value is -3.57. The van der Waals surface area contributed by atoms with Crippen LogP contribution in [0.25, 0.3) is 0 Å². The summed E-state index contributed by atoms with van der Waals surface area (Å²) in [6.07, 6.45) is -0.466. The van der Waals surface area contributed by atoms with Crippen molar-refractivity contribution in [1.29, 1.82) is 0 Å². The van der Waals surface area contributed by atoms with Crippen LogP contribution >= 0.6 is 0 Å². The fourth-order valence-corrected chi connectivity index (χ4v) is 2.87. The van der Waals surface area contributed by atoms with Crippen molar-refractivity contribution in [2.45, 2.75) is 85.0 Å². The number of unbranched alkanes of at least 4 members (excludes halogenated alkanes) is 1. The van der Waals surface area contributed by atoms with Gasteiger partial charge in [-0.15, -0.1) is 0 Å². The second kappa shape index (κ2) is 14.2. The van der Waals surface area contributed by atoms with Gasteiger partial charge in [0.15, 0.2) is 0 Å². The Kier molecular flexibility index (Phi) is 12.1. The number of carbonyl (C=O) groups is 3. The normalized spacial score (nSPS) is 12.2. The molecule has 0 unspecified atom stereocenters. The van der Waals surface area contributed by atoms with Crippen LogP contribution in [-0.2, 0) is 14.2 Å². The summed E-state index contributed by atoms with van der Waals surface area (Å²) < 4.78 is 20.8. The van der Waals surface area contributed by atoms with E-state index in [1.807, 2.05) is 6.92 Å². The highest BCUT2D eigenvalue weighted by Crippen LogP contribution is 2.18. The molecular weight excluding hydrogens is 486 g/mol. The maximum atomic E-state index is 12.7. The molecule has 0 heterocycles. The average molecular weight is 526 g/mol. The number of nitrogens with one attached hydrogen (secondary N) is 1. The van der Waals surface area contributed by atoms with E-state index in [2.05, 4.69) is 5.32 Å². The zero-order chi connectivity index (χ0) is 28.2. The molecule has 1 N–H and O–H groups in total. The first-order valence-corrected chi connectivity index (χ1v) is 12.1. The zero-order valence-corrected chi connectivity index (χ0v) is 22.7. The standard InChI is InChI=1S/C25H39N3O9/c1-18(26-21(29)36-24(2,3)4)14-16-27(22(30)37-25(5,6)7)15-8-9-17-34-23(31)35-20-12-10-19(11-13-20)28(32)33/h10-13,18H,8-9,14-17H2,1-7H3,(H,26,29)/t18-/m1/s1. The number of hydrogen-bond donors (Lipinski definition) is 1. The molecule has 12 heteroatoms. The van der Waals surface area contributed by atoms with E-state index >= 15 is 0 Å². The van der Waals surface area contributed by atoms with Gasteiger partial charge >= 0.3 is 18.3 Å². The number of nitro benzene ring substituents is 1. The molecular formula is C25H39N3O9. The van der Waals surface area contributed by atoms with E-state index in [1.54, 1.807) is 46.4 Å². The Morgan fingerprint density at radius 3 is 2.11 bits per heavy atom. The van der Waals surface area contributed by atoms with Crippen molar-refractivity contribution in [3.8, 4) is 5.75 Å². The van der Waals surface area contributed by atoms with Crippen molar-refractivity contribution in [1.82, 2.24) is 10.2 Å². The van der Waals surface area contributed by atoms with E-state index in [0.29, 0.717) is 32.4 Å². The fraction of sp³-hybridized carbons (Fsp3) is 0.640. The van der Waals surface area contributed by atoms with Crippen LogP contribution in [0.15, 0.2) is 24.3 Å². The molecule has 37 heavy (non-hydrogen) atoms. The van der Waals surface area contributed by atoms with E-state index in [0.717, 1.165) is 0 Å². The van der Waals surface area contributed by atoms with Crippen LogP contribution in [0.5, 0.6) is 5.75 Å². The van der Waals surface area contributed by atoms with Crippen molar-refractivity contribution < 1.29 is 38.3 Å². The van der Waals surface area contributed by atoms with E-state index in [9.17, 15) is 24.5 Å². The van der Waals surface area contributed by atoms with E-state index in [4.69, 9.17) is 18.9 Å². The maximum Gasteiger partial charge on any atom is 0.513 e. The van der Waals surface area contributed by atoms with Crippen LogP contribution in [0.3, 0.4) is 0 Å². The van der Waals surface area contributed by atoms with Crippen molar-refractivity contribution in [3.05, 3.63) is 34.4 Å². The number of alkyl carbamates (subject to hydrolysis) is 1. The topological polar surface area (TPSA) is 147 Å². The molecule has 0 aliphatic carbocycles. The number of nitrogens with zero attached hydrogens (tertiary/aromatic N) is 2. The number of hydrogen-bond acceptors (Lipinski definition) is 9. The predicted molar refractivity (Wildman–Crippen MR) is 136 cm³/mol. The molecule has 0 fully saturated rings. The van der Waals surface area contributed by atoms with Gasteiger partial charge in [0, 0.05) is 31.3 Å². The van der Waals surface area contributed by atoms with Gasteiger partial charge in [0.25, 0.3) is 5.69 Å². The minimum absolute atomic E-state index is 0.0601. The Morgan fingerprint density at radius 1 is 0.973 bits per heavy atom. The number of carbonyl (C=O) groups excluding carboxylic acids is 3. The Morgan fingerprint density at radius 2 is 1.57 bits per heavy atom. The molecule has 0 aromatic heterocycles. The smallest absolute Gasteiger partial charge is 0.444 e. The Bertz CT molecular complexity index is 905. The molecule has 2 amide bonds. The Balaban J connectivity index is 2.49. The summed E-state index contributed by atoms with van der Waals surface area (Å²) in [5, 5.41) is 13.4. The third-order valence-corrected chi connectivity index (χ3v) is 4.54. The summed E-state index contributed by atoms with van der Waals surface area (Å²) in [7, 11) is 0. The first kappa shape index (κ1) is 31.5. The quantitative estimate of drug-likeness (QED) is 0.0997. The lowest BCUT2D eigenvalue weighted by Crippen LogP contribution is -2.42. The van der Waals surface area contributed by atoms with Gasteiger partial charge in [-0.25, -0.2) is 14.4 Å². The van der Waals surface area contributed by atoms with E-state index < -0.39 is 34.5 Å². The summed E-state index contributed by atoms with van der Waals surface area (Å²) in [5.41, 5.74) is -1.39. The second-order valence-electron chi connectivity index (χ2n) is 10.5. The van der Waals surface area contributed by atoms with Crippen LogP contribution in [0.4, 0.5) is 20.1 Å². The van der Waals surface area contributed by atoms with Gasteiger partial charge in [0.05, 0.1) is 11.5 Å². The lowest BCUT2D eigenvalue weighted by Gasteiger charge is -2.28. The van der Waals surface area contributed by atoms with Gasteiger partial charge in [-0.3, -0.25) is 10.1 Å². The number of benzene rings is 1. The average Bonchev–Trinajstić information content (AvgIpc) is 2.73. The first-order valence-electron chi connectivity index (χ1n) is 12.1. The van der Waals surface area contributed by atoms with Gasteiger partial charge in [-0.1, -0.05) is 0 Å². The van der Waals surface area contributed by atoms with E-state index in [1.165, 1.54) is 24.3 Å². The van der Waals surface area contributed by atoms with Crippen molar-refractivity contribution in [2.24, 2.45) is 0 Å². The molecule has 0 radical (unpaired) electrons. The van der Waals surface area contributed by atoms with Gasteiger partial charge in [0.2, 0.25) is 0 Å². The predicted octanol–water partition coefficient (Wildman–Crippen LogP) is 5.43. The molecule has 0 aliphatic heterocycles. The third kappa shape index (κ3) is 14.6. The maximum absolute atomic E-state index is 12.7. The summed E-state index contributed by atoms with van der Waals surface area (Å²) in [6.45, 7) is 13.2. The summed E-state index contributed by atoms with van der Waals surface area (Å²) in [5.74, 6) is 0.126. The first-order chi connectivity index (χ1) is 17.1. The SMILES string of the molecule is C[C@H](CCN(CCCCOC(=O)Oc1ccc([N+](=O)[O-])cc1)C(=O)OC(C)(C)C)NC(=O)OC(C)(C)C. The molecule has 1 rings (SSSR count). The second-order valence-corrected chi connectivity index (χ2v) is 10.5. The van der Waals surface area contributed by atoms with Gasteiger partial charge < -0.3 is 29.2 Å². The molecule has 0 saturated heterocycles. The molecule has 1 aromatic carbocycles. The number of rotatable bonds is 11. The minimum atomic E-state index is -0.931. The van der Waals surface area contributed by atoms with Crippen LogP contribution in [-0.4, -0.2) is 65.1 Å². The zero-order valence-electron chi connectivity index (χ0n) is 22.7. The molecule has 208 valence electrons. The van der Waals surface area contributed by atoms with Gasteiger partial charge in [-0.2, -0.15) is 0 Å². The number of non-ortho nitro benzene ring substituents is 1. The van der Waals surface area contributed by atoms with Gasteiger partial charge in [-0.05, 0) is 79.9 Å². The van der Waals surface area contributed by atoms with Crippen molar-refractivity contribution in [3.63, 3.8) is 0 Å². The molecule has 0 spiro atoms. The van der Waals surface area contributed by atoms with Gasteiger partial charge in [0.1, 0.15) is 17.0 Å². The summed E-state index contributed by atoms with van der Waals surface area (Å²) in [4.78, 5) is 48.1. The number of nitro groups is 1. The fourth-order valence-electron chi connectivity index (χ4n) is 2.87. The largest absolute Gasteiger partial charge is 0.513 e.